The summed E-state index contributed by atoms with van der Waals surface area (Å²) in [6.07, 6.45) is 1.70. The number of hydrogen-bond acceptors (Lipinski definition) is 4. The van der Waals surface area contributed by atoms with Crippen LogP contribution in [0, 0.1) is 11.3 Å². The number of carbonyl (C=O) groups excluding carboxylic acids is 1. The third-order valence-electron chi connectivity index (χ3n) is 4.70. The molecule has 0 heterocycles. The highest BCUT2D eigenvalue weighted by atomic mass is 16.5. The second kappa shape index (κ2) is 7.93. The largest absolute Gasteiger partial charge is 0.462 e. The Morgan fingerprint density at radius 3 is 2.57 bits per heavy atom. The third-order valence-corrected chi connectivity index (χ3v) is 4.70. The van der Waals surface area contributed by atoms with Crippen LogP contribution in [0.5, 0.6) is 0 Å². The predicted molar refractivity (Wildman–Crippen MR) is 89.0 cm³/mol. The molecular formula is C19H28O4. The molecule has 2 rings (SSSR count). The molecule has 1 aliphatic carbocycles. The van der Waals surface area contributed by atoms with Crippen molar-refractivity contribution in [2.24, 2.45) is 11.3 Å². The summed E-state index contributed by atoms with van der Waals surface area (Å²) in [5.74, 6) is -0.186. The summed E-state index contributed by atoms with van der Waals surface area (Å²) in [6, 6.07) is 10.1. The van der Waals surface area contributed by atoms with Crippen molar-refractivity contribution < 1.29 is 19.0 Å². The van der Waals surface area contributed by atoms with E-state index in [9.17, 15) is 4.79 Å². The van der Waals surface area contributed by atoms with Crippen molar-refractivity contribution in [1.82, 2.24) is 0 Å². The van der Waals surface area contributed by atoms with Crippen LogP contribution in [0.1, 0.15) is 39.2 Å². The summed E-state index contributed by atoms with van der Waals surface area (Å²) in [5, 5.41) is 0. The van der Waals surface area contributed by atoms with E-state index in [1.165, 1.54) is 6.92 Å². The Hall–Kier alpha value is -1.39. The first-order valence-corrected chi connectivity index (χ1v) is 8.25. The van der Waals surface area contributed by atoms with Gasteiger partial charge in [0.05, 0.1) is 19.3 Å². The normalized spacial score (nSPS) is 26.7. The fraction of sp³-hybridized carbons (Fsp3) is 0.632. The zero-order chi connectivity index (χ0) is 16.9. The van der Waals surface area contributed by atoms with Crippen molar-refractivity contribution in [3.05, 3.63) is 35.9 Å². The van der Waals surface area contributed by atoms with Crippen LogP contribution in [0.3, 0.4) is 0 Å². The molecule has 23 heavy (non-hydrogen) atoms. The van der Waals surface area contributed by atoms with E-state index in [1.54, 1.807) is 7.11 Å². The molecule has 0 aromatic heterocycles. The molecule has 0 amide bonds. The number of benzene rings is 1. The maximum Gasteiger partial charge on any atom is 0.302 e. The third kappa shape index (κ3) is 4.79. The van der Waals surface area contributed by atoms with Crippen molar-refractivity contribution >= 4 is 5.97 Å². The minimum Gasteiger partial charge on any atom is -0.462 e. The highest BCUT2D eigenvalue weighted by Crippen LogP contribution is 2.42. The first kappa shape index (κ1) is 18.0. The Bertz CT molecular complexity index is 497. The molecule has 1 aromatic carbocycles. The molecule has 1 aliphatic rings. The van der Waals surface area contributed by atoms with Crippen molar-refractivity contribution in [1.29, 1.82) is 0 Å². The SMILES string of the molecule is CO[C@@H]1[C@H](COCc2ccccc2)[C@H](OC(C)=O)CCC1(C)C. The molecule has 0 unspecified atom stereocenters. The molecule has 0 N–H and O–H groups in total. The van der Waals surface area contributed by atoms with Gasteiger partial charge in [0.25, 0.3) is 0 Å². The van der Waals surface area contributed by atoms with Crippen LogP contribution in [-0.4, -0.2) is 31.9 Å². The average molecular weight is 320 g/mol. The molecule has 0 bridgehead atoms. The molecule has 4 heteroatoms. The maximum atomic E-state index is 11.4. The van der Waals surface area contributed by atoms with E-state index in [0.29, 0.717) is 13.2 Å². The Labute approximate surface area is 139 Å². The van der Waals surface area contributed by atoms with Gasteiger partial charge in [0.1, 0.15) is 6.10 Å². The lowest BCUT2D eigenvalue weighted by Gasteiger charge is -2.46. The van der Waals surface area contributed by atoms with E-state index >= 15 is 0 Å². The number of rotatable bonds is 6. The molecule has 1 aromatic rings. The molecule has 0 aliphatic heterocycles. The van der Waals surface area contributed by atoms with Crippen LogP contribution < -0.4 is 0 Å². The fourth-order valence-corrected chi connectivity index (χ4v) is 3.58. The standard InChI is InChI=1S/C19H28O4/c1-14(20)23-17-10-11-19(2,3)18(21-4)16(17)13-22-12-15-8-6-5-7-9-15/h5-9,16-18H,10-13H2,1-4H3/t16-,17-,18-/m1/s1. The van der Waals surface area contributed by atoms with E-state index in [0.717, 1.165) is 18.4 Å². The lowest BCUT2D eigenvalue weighted by Crippen LogP contribution is -2.50. The van der Waals surface area contributed by atoms with Crippen molar-refractivity contribution in [2.75, 3.05) is 13.7 Å². The van der Waals surface area contributed by atoms with Gasteiger partial charge in [-0.1, -0.05) is 44.2 Å². The van der Waals surface area contributed by atoms with E-state index in [1.807, 2.05) is 30.3 Å². The minimum atomic E-state index is -0.238. The smallest absolute Gasteiger partial charge is 0.302 e. The Morgan fingerprint density at radius 2 is 1.96 bits per heavy atom. The van der Waals surface area contributed by atoms with Crippen LogP contribution in [0.25, 0.3) is 0 Å². The quantitative estimate of drug-likeness (QED) is 0.752. The summed E-state index contributed by atoms with van der Waals surface area (Å²) in [5.41, 5.74) is 1.19. The molecule has 0 saturated heterocycles. The first-order valence-electron chi connectivity index (χ1n) is 8.25. The van der Waals surface area contributed by atoms with Gasteiger partial charge in [0, 0.05) is 20.0 Å². The summed E-state index contributed by atoms with van der Waals surface area (Å²) >= 11 is 0. The lowest BCUT2D eigenvalue weighted by molar-refractivity contribution is -0.172. The predicted octanol–water partition coefficient (Wildman–Crippen LogP) is 3.59. The van der Waals surface area contributed by atoms with Crippen molar-refractivity contribution in [3.63, 3.8) is 0 Å². The van der Waals surface area contributed by atoms with Gasteiger partial charge in [-0.2, -0.15) is 0 Å². The molecular weight excluding hydrogens is 292 g/mol. The van der Waals surface area contributed by atoms with Gasteiger partial charge in [0.2, 0.25) is 0 Å². The second-order valence-electron chi connectivity index (χ2n) is 7.00. The summed E-state index contributed by atoms with van der Waals surface area (Å²) in [4.78, 5) is 11.4. The maximum absolute atomic E-state index is 11.4. The molecule has 0 radical (unpaired) electrons. The van der Waals surface area contributed by atoms with E-state index in [-0.39, 0.29) is 29.5 Å². The van der Waals surface area contributed by atoms with E-state index < -0.39 is 0 Å². The zero-order valence-corrected chi connectivity index (χ0v) is 14.6. The average Bonchev–Trinajstić information content (AvgIpc) is 2.50. The monoisotopic (exact) mass is 320 g/mol. The van der Waals surface area contributed by atoms with E-state index in [4.69, 9.17) is 14.2 Å². The first-order chi connectivity index (χ1) is 10.9. The molecule has 3 atom stereocenters. The summed E-state index contributed by atoms with van der Waals surface area (Å²) in [6.45, 7) is 6.95. The Morgan fingerprint density at radius 1 is 1.26 bits per heavy atom. The van der Waals surface area contributed by atoms with Gasteiger partial charge < -0.3 is 14.2 Å². The van der Waals surface area contributed by atoms with E-state index in [2.05, 4.69) is 13.8 Å². The van der Waals surface area contributed by atoms with Crippen molar-refractivity contribution in [3.8, 4) is 0 Å². The van der Waals surface area contributed by atoms with Crippen molar-refractivity contribution in [2.45, 2.75) is 52.4 Å². The van der Waals surface area contributed by atoms with Crippen LogP contribution >= 0.6 is 0 Å². The Balaban J connectivity index is 2.02. The highest BCUT2D eigenvalue weighted by molar-refractivity contribution is 5.66. The zero-order valence-electron chi connectivity index (χ0n) is 14.6. The van der Waals surface area contributed by atoms with Gasteiger partial charge in [-0.3, -0.25) is 4.79 Å². The Kier molecular flexibility index (Phi) is 6.19. The van der Waals surface area contributed by atoms with Gasteiger partial charge in [-0.05, 0) is 23.8 Å². The highest BCUT2D eigenvalue weighted by Gasteiger charge is 2.45. The fourth-order valence-electron chi connectivity index (χ4n) is 3.58. The molecule has 4 nitrogen and oxygen atoms in total. The molecule has 1 saturated carbocycles. The van der Waals surface area contributed by atoms with Gasteiger partial charge in [-0.15, -0.1) is 0 Å². The lowest BCUT2D eigenvalue weighted by atomic mass is 9.68. The van der Waals surface area contributed by atoms with Crippen LogP contribution in [0.2, 0.25) is 0 Å². The summed E-state index contributed by atoms with van der Waals surface area (Å²) in [7, 11) is 1.73. The number of hydrogen-bond donors (Lipinski definition) is 0. The topological polar surface area (TPSA) is 44.8 Å². The van der Waals surface area contributed by atoms with Crippen LogP contribution in [0.4, 0.5) is 0 Å². The molecule has 1 fully saturated rings. The van der Waals surface area contributed by atoms with Crippen LogP contribution in [-0.2, 0) is 25.6 Å². The van der Waals surface area contributed by atoms with Gasteiger partial charge >= 0.3 is 5.97 Å². The summed E-state index contributed by atoms with van der Waals surface area (Å²) < 4.78 is 17.2. The minimum absolute atomic E-state index is 0.0105. The van der Waals surface area contributed by atoms with Gasteiger partial charge in [0.15, 0.2) is 0 Å². The number of carbonyl (C=O) groups is 1. The number of methoxy groups -OCH3 is 1. The number of ether oxygens (including phenoxy) is 3. The second-order valence-corrected chi connectivity index (χ2v) is 7.00. The molecule has 128 valence electrons. The van der Waals surface area contributed by atoms with Gasteiger partial charge in [-0.25, -0.2) is 0 Å². The van der Waals surface area contributed by atoms with Crippen LogP contribution in [0.15, 0.2) is 30.3 Å². The number of esters is 1. The molecule has 0 spiro atoms.